The van der Waals surface area contributed by atoms with Gasteiger partial charge in [0.25, 0.3) is 0 Å². The van der Waals surface area contributed by atoms with E-state index in [1.807, 2.05) is 18.2 Å². The smallest absolute Gasteiger partial charge is 0.0471 e. The zero-order chi connectivity index (χ0) is 9.97. The molecule has 14 heavy (non-hydrogen) atoms. The third-order valence-electron chi connectivity index (χ3n) is 2.34. The second-order valence-electron chi connectivity index (χ2n) is 3.23. The molecule has 0 aliphatic rings. The van der Waals surface area contributed by atoms with Crippen molar-refractivity contribution in [2.75, 3.05) is 6.61 Å². The molecule has 2 rings (SSSR count). The molecule has 2 aromatic carbocycles. The lowest BCUT2D eigenvalue weighted by Crippen LogP contribution is -1.91. The summed E-state index contributed by atoms with van der Waals surface area (Å²) in [5.41, 5.74) is 1.20. The van der Waals surface area contributed by atoms with Crippen LogP contribution < -0.4 is 0 Å². The molecule has 2 aromatic rings. The van der Waals surface area contributed by atoms with Gasteiger partial charge < -0.3 is 5.11 Å². The monoisotopic (exact) mass is 250 g/mol. The number of hydrogen-bond acceptors (Lipinski definition) is 1. The van der Waals surface area contributed by atoms with Crippen molar-refractivity contribution in [3.63, 3.8) is 0 Å². The molecule has 1 nitrogen and oxygen atoms in total. The van der Waals surface area contributed by atoms with Gasteiger partial charge in [0, 0.05) is 11.1 Å². The molecule has 0 amide bonds. The Hall–Kier alpha value is -0.860. The second-order valence-corrected chi connectivity index (χ2v) is 4.08. The molecule has 2 heteroatoms. The van der Waals surface area contributed by atoms with Crippen LogP contribution in [0.1, 0.15) is 5.56 Å². The third-order valence-corrected chi connectivity index (χ3v) is 3.03. The Labute approximate surface area is 91.5 Å². The van der Waals surface area contributed by atoms with E-state index in [0.717, 1.165) is 4.47 Å². The summed E-state index contributed by atoms with van der Waals surface area (Å²) < 4.78 is 1.11. The number of aliphatic hydroxyl groups excluding tert-OH is 1. The fraction of sp³-hybridized carbons (Fsp3) is 0.167. The summed E-state index contributed by atoms with van der Waals surface area (Å²) in [5.74, 6) is 0. The summed E-state index contributed by atoms with van der Waals surface area (Å²) in [6, 6.07) is 12.3. The molecule has 0 bridgehead atoms. The van der Waals surface area contributed by atoms with E-state index in [4.69, 9.17) is 5.11 Å². The maximum absolute atomic E-state index is 8.94. The number of fused-ring (bicyclic) bond motifs is 1. The molecule has 0 saturated carbocycles. The molecule has 0 aliphatic carbocycles. The van der Waals surface area contributed by atoms with Crippen molar-refractivity contribution in [2.45, 2.75) is 6.42 Å². The minimum Gasteiger partial charge on any atom is -0.396 e. The van der Waals surface area contributed by atoms with Gasteiger partial charge in [-0.15, -0.1) is 0 Å². The second kappa shape index (κ2) is 4.11. The number of halogens is 1. The molecule has 0 fully saturated rings. The first kappa shape index (κ1) is 9.69. The molecule has 72 valence electrons. The Morgan fingerprint density at radius 3 is 2.50 bits per heavy atom. The van der Waals surface area contributed by atoms with Crippen LogP contribution in [0.25, 0.3) is 10.8 Å². The summed E-state index contributed by atoms with van der Waals surface area (Å²) >= 11 is 3.52. The fourth-order valence-corrected chi connectivity index (χ4v) is 2.17. The highest BCUT2D eigenvalue weighted by molar-refractivity contribution is 9.10. The third kappa shape index (κ3) is 1.68. The number of aliphatic hydroxyl groups is 1. The number of benzene rings is 2. The standard InChI is InChI=1S/C12H11BrO/c13-12-6-2-4-10-9(7-8-14)3-1-5-11(10)12/h1-6,14H,7-8H2. The van der Waals surface area contributed by atoms with Gasteiger partial charge in [-0.05, 0) is 28.8 Å². The van der Waals surface area contributed by atoms with Gasteiger partial charge in [-0.1, -0.05) is 46.3 Å². The largest absolute Gasteiger partial charge is 0.396 e. The average molecular weight is 251 g/mol. The van der Waals surface area contributed by atoms with Crippen LogP contribution in [0.2, 0.25) is 0 Å². The van der Waals surface area contributed by atoms with Crippen molar-refractivity contribution in [1.82, 2.24) is 0 Å². The first-order valence-corrected chi connectivity index (χ1v) is 5.39. The predicted octanol–water partition coefficient (Wildman–Crippen LogP) is 3.14. The van der Waals surface area contributed by atoms with E-state index in [2.05, 4.69) is 34.1 Å². The fourth-order valence-electron chi connectivity index (χ4n) is 1.68. The van der Waals surface area contributed by atoms with Gasteiger partial charge in [0.05, 0.1) is 0 Å². The van der Waals surface area contributed by atoms with Gasteiger partial charge in [-0.25, -0.2) is 0 Å². The van der Waals surface area contributed by atoms with Crippen LogP contribution in [0.3, 0.4) is 0 Å². The Morgan fingerprint density at radius 2 is 1.71 bits per heavy atom. The highest BCUT2D eigenvalue weighted by atomic mass is 79.9. The van der Waals surface area contributed by atoms with E-state index in [0.29, 0.717) is 6.42 Å². The lowest BCUT2D eigenvalue weighted by Gasteiger charge is -2.05. The van der Waals surface area contributed by atoms with Crippen LogP contribution >= 0.6 is 15.9 Å². The highest BCUT2D eigenvalue weighted by Gasteiger charge is 2.01. The first-order valence-electron chi connectivity index (χ1n) is 4.60. The lowest BCUT2D eigenvalue weighted by molar-refractivity contribution is 0.300. The minimum atomic E-state index is 0.200. The van der Waals surface area contributed by atoms with Gasteiger partial charge in [0.2, 0.25) is 0 Å². The van der Waals surface area contributed by atoms with Crippen molar-refractivity contribution in [2.24, 2.45) is 0 Å². The van der Waals surface area contributed by atoms with E-state index < -0.39 is 0 Å². The minimum absolute atomic E-state index is 0.200. The Balaban J connectivity index is 2.68. The summed E-state index contributed by atoms with van der Waals surface area (Å²) in [6.07, 6.45) is 0.716. The van der Waals surface area contributed by atoms with Crippen LogP contribution in [0, 0.1) is 0 Å². The number of hydrogen-bond donors (Lipinski definition) is 1. The van der Waals surface area contributed by atoms with Gasteiger partial charge in [0.1, 0.15) is 0 Å². The van der Waals surface area contributed by atoms with Crippen molar-refractivity contribution >= 4 is 26.7 Å². The van der Waals surface area contributed by atoms with E-state index in [9.17, 15) is 0 Å². The zero-order valence-electron chi connectivity index (χ0n) is 7.70. The highest BCUT2D eigenvalue weighted by Crippen LogP contribution is 2.26. The van der Waals surface area contributed by atoms with Crippen LogP contribution in [0.4, 0.5) is 0 Å². The normalized spacial score (nSPS) is 10.7. The molecular formula is C12H11BrO. The quantitative estimate of drug-likeness (QED) is 0.869. The zero-order valence-corrected chi connectivity index (χ0v) is 9.29. The predicted molar refractivity (Wildman–Crippen MR) is 62.4 cm³/mol. The summed E-state index contributed by atoms with van der Waals surface area (Å²) in [7, 11) is 0. The topological polar surface area (TPSA) is 20.2 Å². The number of rotatable bonds is 2. The Kier molecular flexibility index (Phi) is 2.85. The Bertz CT molecular complexity index is 451. The first-order chi connectivity index (χ1) is 6.83. The maximum atomic E-state index is 8.94. The molecule has 0 unspecified atom stereocenters. The average Bonchev–Trinajstić information content (AvgIpc) is 2.20. The molecule has 0 saturated heterocycles. The molecule has 0 aromatic heterocycles. The van der Waals surface area contributed by atoms with E-state index in [1.54, 1.807) is 0 Å². The van der Waals surface area contributed by atoms with Crippen LogP contribution in [0.15, 0.2) is 40.9 Å². The summed E-state index contributed by atoms with van der Waals surface area (Å²) in [5, 5.41) is 11.4. The van der Waals surface area contributed by atoms with Crippen LogP contribution in [0.5, 0.6) is 0 Å². The van der Waals surface area contributed by atoms with Crippen molar-refractivity contribution in [3.05, 3.63) is 46.4 Å². The van der Waals surface area contributed by atoms with E-state index >= 15 is 0 Å². The van der Waals surface area contributed by atoms with Gasteiger partial charge in [0.15, 0.2) is 0 Å². The molecular weight excluding hydrogens is 240 g/mol. The van der Waals surface area contributed by atoms with Crippen molar-refractivity contribution in [1.29, 1.82) is 0 Å². The summed E-state index contributed by atoms with van der Waals surface area (Å²) in [6.45, 7) is 0.200. The van der Waals surface area contributed by atoms with E-state index in [1.165, 1.54) is 16.3 Å². The molecule has 0 radical (unpaired) electrons. The lowest BCUT2D eigenvalue weighted by atomic mass is 10.0. The summed E-state index contributed by atoms with van der Waals surface area (Å²) in [4.78, 5) is 0. The van der Waals surface area contributed by atoms with Crippen molar-refractivity contribution in [3.8, 4) is 0 Å². The Morgan fingerprint density at radius 1 is 1.00 bits per heavy atom. The van der Waals surface area contributed by atoms with E-state index in [-0.39, 0.29) is 6.61 Å². The van der Waals surface area contributed by atoms with Gasteiger partial charge in [-0.2, -0.15) is 0 Å². The molecule has 0 spiro atoms. The molecule has 0 heterocycles. The van der Waals surface area contributed by atoms with Crippen LogP contribution in [-0.2, 0) is 6.42 Å². The SMILES string of the molecule is OCCc1cccc2c(Br)cccc12. The van der Waals surface area contributed by atoms with Gasteiger partial charge in [-0.3, -0.25) is 0 Å². The maximum Gasteiger partial charge on any atom is 0.0471 e. The van der Waals surface area contributed by atoms with Crippen LogP contribution in [-0.4, -0.2) is 11.7 Å². The van der Waals surface area contributed by atoms with Crippen molar-refractivity contribution < 1.29 is 5.11 Å². The molecule has 1 N–H and O–H groups in total. The van der Waals surface area contributed by atoms with Gasteiger partial charge >= 0.3 is 0 Å². The molecule has 0 aliphatic heterocycles. The molecule has 0 atom stereocenters.